The number of hydrogen-bond acceptors (Lipinski definition) is 3. The van der Waals surface area contributed by atoms with Gasteiger partial charge in [0.1, 0.15) is 5.75 Å². The molecule has 6 heteroatoms. The molecule has 1 aliphatic carbocycles. The molecule has 1 fully saturated rings. The Morgan fingerprint density at radius 3 is 2.58 bits per heavy atom. The highest BCUT2D eigenvalue weighted by Gasteiger charge is 2.21. The summed E-state index contributed by atoms with van der Waals surface area (Å²) in [5.41, 5.74) is 1.41. The van der Waals surface area contributed by atoms with Crippen molar-refractivity contribution < 1.29 is 13.2 Å². The quantitative estimate of drug-likeness (QED) is 0.772. The smallest absolute Gasteiger partial charge is 0.236 e. The molecule has 0 atom stereocenters. The topological polar surface area (TPSA) is 43.4 Å². The van der Waals surface area contributed by atoms with Crippen LogP contribution in [-0.4, -0.2) is 15.0 Å². The molecule has 1 aromatic carbocycles. The van der Waals surface area contributed by atoms with Crippen LogP contribution in [0.1, 0.15) is 30.4 Å². The van der Waals surface area contributed by atoms with Gasteiger partial charge in [0.25, 0.3) is 0 Å². The normalized spacial score (nSPS) is 16.2. The maximum absolute atomic E-state index is 11.2. The zero-order valence-corrected chi connectivity index (χ0v) is 13.0. The number of hydrogen-bond donors (Lipinski definition) is 0. The SMILES string of the molecule is Cc1cc(Cl)c(OCC2CCC2)c(CS(=O)(=O)Cl)c1. The summed E-state index contributed by atoms with van der Waals surface area (Å²) in [7, 11) is 1.69. The third kappa shape index (κ3) is 4.26. The summed E-state index contributed by atoms with van der Waals surface area (Å²) in [6, 6.07) is 3.52. The summed E-state index contributed by atoms with van der Waals surface area (Å²) in [6.07, 6.45) is 3.55. The molecular weight excluding hydrogens is 307 g/mol. The molecule has 0 bridgehead atoms. The van der Waals surface area contributed by atoms with Crippen LogP contribution in [-0.2, 0) is 14.8 Å². The standard InChI is InChI=1S/C13H16Cl2O3S/c1-9-5-11(8-19(15,16)17)13(12(14)6-9)18-7-10-3-2-4-10/h5-6,10H,2-4,7-8H2,1H3. The minimum Gasteiger partial charge on any atom is -0.491 e. The van der Waals surface area contributed by atoms with E-state index < -0.39 is 9.05 Å². The van der Waals surface area contributed by atoms with Crippen molar-refractivity contribution in [2.75, 3.05) is 6.61 Å². The van der Waals surface area contributed by atoms with Crippen LogP contribution in [0.2, 0.25) is 5.02 Å². The predicted molar refractivity (Wildman–Crippen MR) is 77.5 cm³/mol. The van der Waals surface area contributed by atoms with E-state index in [1.807, 2.05) is 6.92 Å². The molecular formula is C13H16Cl2O3S. The average molecular weight is 323 g/mol. The Kier molecular flexibility index (Phi) is 4.64. The van der Waals surface area contributed by atoms with Crippen LogP contribution in [0.5, 0.6) is 5.75 Å². The molecule has 0 aliphatic heterocycles. The summed E-state index contributed by atoms with van der Waals surface area (Å²) in [6.45, 7) is 2.43. The minimum atomic E-state index is -3.63. The largest absolute Gasteiger partial charge is 0.491 e. The lowest BCUT2D eigenvalue weighted by atomic mass is 9.86. The molecule has 0 radical (unpaired) electrons. The molecule has 0 heterocycles. The fraction of sp³-hybridized carbons (Fsp3) is 0.538. The van der Waals surface area contributed by atoms with Gasteiger partial charge in [-0.2, -0.15) is 0 Å². The first kappa shape index (κ1) is 14.9. The first-order valence-electron chi connectivity index (χ1n) is 6.19. The minimum absolute atomic E-state index is 0.268. The van der Waals surface area contributed by atoms with E-state index in [1.165, 1.54) is 6.42 Å². The van der Waals surface area contributed by atoms with Crippen LogP contribution >= 0.6 is 22.3 Å². The average Bonchev–Trinajstić information content (AvgIpc) is 2.16. The first-order chi connectivity index (χ1) is 8.85. The lowest BCUT2D eigenvalue weighted by Gasteiger charge is -2.26. The van der Waals surface area contributed by atoms with Crippen LogP contribution in [0, 0.1) is 12.8 Å². The lowest BCUT2D eigenvalue weighted by molar-refractivity contribution is 0.180. The Bertz CT molecular complexity index is 565. The van der Waals surface area contributed by atoms with Gasteiger partial charge in [-0.25, -0.2) is 8.42 Å². The zero-order chi connectivity index (χ0) is 14.0. The van der Waals surface area contributed by atoms with Crippen molar-refractivity contribution in [3.8, 4) is 5.75 Å². The van der Waals surface area contributed by atoms with E-state index in [2.05, 4.69) is 0 Å². The molecule has 106 valence electrons. The number of rotatable bonds is 5. The van der Waals surface area contributed by atoms with Crippen molar-refractivity contribution in [3.05, 3.63) is 28.3 Å². The summed E-state index contributed by atoms with van der Waals surface area (Å²) in [5, 5.41) is 0.439. The van der Waals surface area contributed by atoms with Gasteiger partial charge in [0.15, 0.2) is 0 Å². The molecule has 19 heavy (non-hydrogen) atoms. The van der Waals surface area contributed by atoms with E-state index in [-0.39, 0.29) is 5.75 Å². The fourth-order valence-electron chi connectivity index (χ4n) is 2.12. The first-order valence-corrected chi connectivity index (χ1v) is 9.05. The van der Waals surface area contributed by atoms with Crippen molar-refractivity contribution in [3.63, 3.8) is 0 Å². The summed E-state index contributed by atoms with van der Waals surface area (Å²) in [5.74, 6) is 0.733. The molecule has 0 amide bonds. The molecule has 2 rings (SSSR count). The van der Waals surface area contributed by atoms with Gasteiger partial charge >= 0.3 is 0 Å². The molecule has 1 aliphatic rings. The third-order valence-corrected chi connectivity index (χ3v) is 4.54. The van der Waals surface area contributed by atoms with Crippen molar-refractivity contribution in [2.45, 2.75) is 31.9 Å². The van der Waals surface area contributed by atoms with Crippen LogP contribution < -0.4 is 4.74 Å². The lowest BCUT2D eigenvalue weighted by Crippen LogP contribution is -2.20. The van der Waals surface area contributed by atoms with Gasteiger partial charge in [0, 0.05) is 16.2 Å². The van der Waals surface area contributed by atoms with Crippen LogP contribution in [0.3, 0.4) is 0 Å². The molecule has 3 nitrogen and oxygen atoms in total. The number of benzene rings is 1. The van der Waals surface area contributed by atoms with Gasteiger partial charge in [-0.15, -0.1) is 0 Å². The second-order valence-corrected chi connectivity index (χ2v) is 8.21. The maximum atomic E-state index is 11.2. The highest BCUT2D eigenvalue weighted by Crippen LogP contribution is 2.34. The van der Waals surface area contributed by atoms with Gasteiger partial charge < -0.3 is 4.74 Å². The summed E-state index contributed by atoms with van der Waals surface area (Å²) in [4.78, 5) is 0. The second-order valence-electron chi connectivity index (χ2n) is 5.03. The Morgan fingerprint density at radius 1 is 1.37 bits per heavy atom. The van der Waals surface area contributed by atoms with Crippen molar-refractivity contribution in [1.29, 1.82) is 0 Å². The van der Waals surface area contributed by atoms with Gasteiger partial charge in [0.05, 0.1) is 17.4 Å². The highest BCUT2D eigenvalue weighted by molar-refractivity contribution is 8.13. The molecule has 0 saturated heterocycles. The summed E-state index contributed by atoms with van der Waals surface area (Å²) < 4.78 is 28.2. The number of aryl methyl sites for hydroxylation is 1. The predicted octanol–water partition coefficient (Wildman–Crippen LogP) is 3.90. The van der Waals surface area contributed by atoms with Gasteiger partial charge in [-0.05, 0) is 37.3 Å². The summed E-state index contributed by atoms with van der Waals surface area (Å²) >= 11 is 6.15. The molecule has 1 aromatic rings. The Balaban J connectivity index is 2.22. The Hall–Kier alpha value is -0.450. The monoisotopic (exact) mass is 322 g/mol. The fourth-order valence-corrected chi connectivity index (χ4v) is 3.40. The molecule has 0 spiro atoms. The number of halogens is 2. The van der Waals surface area contributed by atoms with Crippen molar-refractivity contribution in [1.82, 2.24) is 0 Å². The van der Waals surface area contributed by atoms with Gasteiger partial charge in [-0.3, -0.25) is 0 Å². The number of ether oxygens (including phenoxy) is 1. The van der Waals surface area contributed by atoms with Crippen molar-refractivity contribution >= 4 is 31.3 Å². The Labute approximate surface area is 123 Å². The molecule has 0 unspecified atom stereocenters. The van der Waals surface area contributed by atoms with Crippen LogP contribution in [0.25, 0.3) is 0 Å². The van der Waals surface area contributed by atoms with E-state index in [9.17, 15) is 8.42 Å². The van der Waals surface area contributed by atoms with Crippen LogP contribution in [0.15, 0.2) is 12.1 Å². The molecule has 0 N–H and O–H groups in total. The molecule has 0 aromatic heterocycles. The van der Waals surface area contributed by atoms with Crippen molar-refractivity contribution in [2.24, 2.45) is 5.92 Å². The van der Waals surface area contributed by atoms with E-state index >= 15 is 0 Å². The Morgan fingerprint density at radius 2 is 2.05 bits per heavy atom. The van der Waals surface area contributed by atoms with E-state index in [0.717, 1.165) is 18.4 Å². The van der Waals surface area contributed by atoms with Gasteiger partial charge in [-0.1, -0.05) is 24.1 Å². The van der Waals surface area contributed by atoms with E-state index in [0.29, 0.717) is 28.9 Å². The zero-order valence-electron chi connectivity index (χ0n) is 10.7. The van der Waals surface area contributed by atoms with Gasteiger partial charge in [0.2, 0.25) is 9.05 Å². The maximum Gasteiger partial charge on any atom is 0.236 e. The third-order valence-electron chi connectivity index (χ3n) is 3.28. The highest BCUT2D eigenvalue weighted by atomic mass is 35.7. The molecule has 1 saturated carbocycles. The second kappa shape index (κ2) is 5.90. The van der Waals surface area contributed by atoms with Crippen LogP contribution in [0.4, 0.5) is 0 Å². The van der Waals surface area contributed by atoms with E-state index in [1.54, 1.807) is 12.1 Å². The van der Waals surface area contributed by atoms with E-state index in [4.69, 9.17) is 27.0 Å².